The van der Waals surface area contributed by atoms with Gasteiger partial charge in [0.1, 0.15) is 0 Å². The molecule has 3 heteroatoms. The van der Waals surface area contributed by atoms with Gasteiger partial charge < -0.3 is 10.2 Å². The number of nitrogens with one attached hydrogen (secondary N) is 1. The summed E-state index contributed by atoms with van der Waals surface area (Å²) in [6, 6.07) is 6.97. The van der Waals surface area contributed by atoms with Gasteiger partial charge in [-0.3, -0.25) is 0 Å². The average molecular weight is 285 g/mol. The highest BCUT2D eigenvalue weighted by molar-refractivity contribution is 9.10. The molecule has 2 nitrogen and oxygen atoms in total. The van der Waals surface area contributed by atoms with Crippen LogP contribution in [0.2, 0.25) is 0 Å². The van der Waals surface area contributed by atoms with Crippen LogP contribution in [0, 0.1) is 0 Å². The minimum absolute atomic E-state index is 0.513. The fourth-order valence-corrected chi connectivity index (χ4v) is 1.96. The Labute approximate surface area is 107 Å². The first-order chi connectivity index (χ1) is 7.54. The standard InChI is InChI=1S/C13H21BrN2/c1-5-16(4)13-7-6-12(14)8-11(13)9-15-10(2)3/h6-8,10,15H,5,9H2,1-4H3. The van der Waals surface area contributed by atoms with Gasteiger partial charge in [0, 0.05) is 36.3 Å². The first kappa shape index (κ1) is 13.5. The first-order valence-corrected chi connectivity index (χ1v) is 6.56. The molecule has 1 rings (SSSR count). The summed E-state index contributed by atoms with van der Waals surface area (Å²) in [7, 11) is 2.13. The van der Waals surface area contributed by atoms with Crippen molar-refractivity contribution < 1.29 is 0 Å². The Bertz CT molecular complexity index is 337. The molecule has 0 spiro atoms. The Morgan fingerprint density at radius 2 is 2.06 bits per heavy atom. The molecule has 0 saturated heterocycles. The lowest BCUT2D eigenvalue weighted by Gasteiger charge is -2.22. The number of hydrogen-bond acceptors (Lipinski definition) is 2. The Morgan fingerprint density at radius 3 is 2.62 bits per heavy atom. The summed E-state index contributed by atoms with van der Waals surface area (Å²) in [4.78, 5) is 2.27. The van der Waals surface area contributed by atoms with E-state index < -0.39 is 0 Å². The molecule has 0 amide bonds. The molecule has 0 unspecified atom stereocenters. The molecule has 16 heavy (non-hydrogen) atoms. The summed E-state index contributed by atoms with van der Waals surface area (Å²) in [5, 5.41) is 3.46. The minimum atomic E-state index is 0.513. The van der Waals surface area contributed by atoms with Crippen molar-refractivity contribution in [1.82, 2.24) is 5.32 Å². The molecule has 0 aromatic heterocycles. The molecule has 0 aliphatic carbocycles. The zero-order chi connectivity index (χ0) is 12.1. The molecular formula is C13H21BrN2. The summed E-state index contributed by atoms with van der Waals surface area (Å²) in [5.74, 6) is 0. The SMILES string of the molecule is CCN(C)c1ccc(Br)cc1CNC(C)C. The van der Waals surface area contributed by atoms with Crippen molar-refractivity contribution in [3.8, 4) is 0 Å². The number of anilines is 1. The third kappa shape index (κ3) is 3.80. The van der Waals surface area contributed by atoms with E-state index in [0.717, 1.165) is 17.6 Å². The number of rotatable bonds is 5. The van der Waals surface area contributed by atoms with E-state index in [4.69, 9.17) is 0 Å². The number of halogens is 1. The van der Waals surface area contributed by atoms with Crippen molar-refractivity contribution in [3.63, 3.8) is 0 Å². The molecule has 1 aromatic rings. The van der Waals surface area contributed by atoms with Crippen molar-refractivity contribution in [2.45, 2.75) is 33.4 Å². The fraction of sp³-hybridized carbons (Fsp3) is 0.538. The predicted octanol–water partition coefficient (Wildman–Crippen LogP) is 3.40. The monoisotopic (exact) mass is 284 g/mol. The second-order valence-corrected chi connectivity index (χ2v) is 5.24. The number of nitrogens with zero attached hydrogens (tertiary/aromatic N) is 1. The van der Waals surface area contributed by atoms with Crippen molar-refractivity contribution in [2.75, 3.05) is 18.5 Å². The van der Waals surface area contributed by atoms with E-state index in [1.807, 2.05) is 0 Å². The molecule has 90 valence electrons. The lowest BCUT2D eigenvalue weighted by molar-refractivity contribution is 0.588. The van der Waals surface area contributed by atoms with Crippen LogP contribution in [0.25, 0.3) is 0 Å². The van der Waals surface area contributed by atoms with Crippen molar-refractivity contribution in [3.05, 3.63) is 28.2 Å². The summed E-state index contributed by atoms with van der Waals surface area (Å²) in [5.41, 5.74) is 2.64. The maximum absolute atomic E-state index is 3.53. The predicted molar refractivity (Wildman–Crippen MR) is 75.1 cm³/mol. The summed E-state index contributed by atoms with van der Waals surface area (Å²) < 4.78 is 1.14. The third-order valence-electron chi connectivity index (χ3n) is 2.63. The molecule has 0 fully saturated rings. The molecular weight excluding hydrogens is 264 g/mol. The molecule has 0 bridgehead atoms. The maximum Gasteiger partial charge on any atom is 0.0409 e. The third-order valence-corrected chi connectivity index (χ3v) is 3.12. The van der Waals surface area contributed by atoms with E-state index in [2.05, 4.69) is 72.2 Å². The van der Waals surface area contributed by atoms with Crippen molar-refractivity contribution in [1.29, 1.82) is 0 Å². The lowest BCUT2D eigenvalue weighted by Crippen LogP contribution is -2.24. The zero-order valence-electron chi connectivity index (χ0n) is 10.5. The Hall–Kier alpha value is -0.540. The van der Waals surface area contributed by atoms with E-state index in [0.29, 0.717) is 6.04 Å². The van der Waals surface area contributed by atoms with Crippen LogP contribution in [0.4, 0.5) is 5.69 Å². The van der Waals surface area contributed by atoms with Crippen LogP contribution < -0.4 is 10.2 Å². The summed E-state index contributed by atoms with van der Waals surface area (Å²) >= 11 is 3.53. The minimum Gasteiger partial charge on any atom is -0.375 e. The first-order valence-electron chi connectivity index (χ1n) is 5.77. The van der Waals surface area contributed by atoms with Crippen LogP contribution in [0.15, 0.2) is 22.7 Å². The van der Waals surface area contributed by atoms with Gasteiger partial charge in [-0.15, -0.1) is 0 Å². The lowest BCUT2D eigenvalue weighted by atomic mass is 10.1. The van der Waals surface area contributed by atoms with Crippen LogP contribution in [0.3, 0.4) is 0 Å². The highest BCUT2D eigenvalue weighted by atomic mass is 79.9. The molecule has 0 saturated carbocycles. The van der Waals surface area contributed by atoms with Crippen LogP contribution in [0.5, 0.6) is 0 Å². The van der Waals surface area contributed by atoms with E-state index in [9.17, 15) is 0 Å². The molecule has 1 aromatic carbocycles. The van der Waals surface area contributed by atoms with Crippen molar-refractivity contribution in [2.24, 2.45) is 0 Å². The van der Waals surface area contributed by atoms with Gasteiger partial charge in [-0.1, -0.05) is 29.8 Å². The quantitative estimate of drug-likeness (QED) is 0.892. The van der Waals surface area contributed by atoms with Crippen LogP contribution >= 0.6 is 15.9 Å². The second-order valence-electron chi connectivity index (χ2n) is 4.32. The smallest absolute Gasteiger partial charge is 0.0409 e. The van der Waals surface area contributed by atoms with Gasteiger partial charge in [-0.25, -0.2) is 0 Å². The van der Waals surface area contributed by atoms with Crippen molar-refractivity contribution >= 4 is 21.6 Å². The number of benzene rings is 1. The van der Waals surface area contributed by atoms with Gasteiger partial charge >= 0.3 is 0 Å². The molecule has 0 atom stereocenters. The highest BCUT2D eigenvalue weighted by Gasteiger charge is 2.07. The molecule has 0 aliphatic heterocycles. The van der Waals surface area contributed by atoms with Crippen LogP contribution in [0.1, 0.15) is 26.3 Å². The van der Waals surface area contributed by atoms with Crippen LogP contribution in [-0.2, 0) is 6.54 Å². The molecule has 0 aliphatic rings. The molecule has 0 radical (unpaired) electrons. The van der Waals surface area contributed by atoms with Gasteiger partial charge in [0.15, 0.2) is 0 Å². The fourth-order valence-electron chi connectivity index (χ4n) is 1.55. The van der Waals surface area contributed by atoms with Gasteiger partial charge in [0.2, 0.25) is 0 Å². The second kappa shape index (κ2) is 6.26. The molecule has 0 heterocycles. The van der Waals surface area contributed by atoms with Gasteiger partial charge in [-0.2, -0.15) is 0 Å². The topological polar surface area (TPSA) is 15.3 Å². The van der Waals surface area contributed by atoms with Crippen LogP contribution in [-0.4, -0.2) is 19.6 Å². The normalized spacial score (nSPS) is 10.9. The Balaban J connectivity index is 2.89. The van der Waals surface area contributed by atoms with E-state index in [1.54, 1.807) is 0 Å². The zero-order valence-corrected chi connectivity index (χ0v) is 12.1. The number of hydrogen-bond donors (Lipinski definition) is 1. The van der Waals surface area contributed by atoms with E-state index in [-0.39, 0.29) is 0 Å². The highest BCUT2D eigenvalue weighted by Crippen LogP contribution is 2.23. The largest absolute Gasteiger partial charge is 0.375 e. The Kier molecular flexibility index (Phi) is 5.29. The van der Waals surface area contributed by atoms with Gasteiger partial charge in [0.05, 0.1) is 0 Å². The maximum atomic E-state index is 3.53. The Morgan fingerprint density at radius 1 is 1.38 bits per heavy atom. The van der Waals surface area contributed by atoms with E-state index >= 15 is 0 Å². The van der Waals surface area contributed by atoms with E-state index in [1.165, 1.54) is 11.3 Å². The molecule has 1 N–H and O–H groups in total. The van der Waals surface area contributed by atoms with Gasteiger partial charge in [-0.05, 0) is 30.7 Å². The summed E-state index contributed by atoms with van der Waals surface area (Å²) in [6.45, 7) is 8.44. The summed E-state index contributed by atoms with van der Waals surface area (Å²) in [6.07, 6.45) is 0. The average Bonchev–Trinajstić information content (AvgIpc) is 2.25. The van der Waals surface area contributed by atoms with Gasteiger partial charge in [0.25, 0.3) is 0 Å².